The van der Waals surface area contributed by atoms with E-state index >= 15 is 0 Å². The maximum atomic E-state index is 11.3. The molecule has 0 bridgehead atoms. The van der Waals surface area contributed by atoms with Gasteiger partial charge in [-0.3, -0.25) is 9.59 Å². The number of Topliss-reactive ketones (excluding diaryl/α,β-unsaturated/α-hetero) is 1. The number of benzene rings is 1. The second-order valence-corrected chi connectivity index (χ2v) is 3.57. The summed E-state index contributed by atoms with van der Waals surface area (Å²) in [5.74, 6) is -0.795. The van der Waals surface area contributed by atoms with Crippen molar-refractivity contribution in [2.75, 3.05) is 6.38 Å². The number of H-pyrrole nitrogens is 1. The molecule has 7 nitrogen and oxygen atoms in total. The number of carbonyl (C=O) groups is 2. The summed E-state index contributed by atoms with van der Waals surface area (Å²) in [6.07, 6.45) is -0.307. The predicted octanol–water partition coefficient (Wildman–Crippen LogP) is 0.371. The fourth-order valence-corrected chi connectivity index (χ4v) is 1.59. The molecule has 1 aromatic carbocycles. The summed E-state index contributed by atoms with van der Waals surface area (Å²) in [4.78, 5) is 24.5. The highest BCUT2D eigenvalue weighted by Crippen LogP contribution is 2.25. The Labute approximate surface area is 118 Å². The number of hydrogen-bond donors (Lipinski definition) is 4. The van der Waals surface area contributed by atoms with Crippen LogP contribution in [0, 0.1) is 0 Å². The Balaban J connectivity index is 0.000000956. The van der Waals surface area contributed by atoms with Crippen LogP contribution in [0.4, 0.5) is 0 Å². The number of aromatic nitrogens is 1. The fraction of sp³-hybridized carbons (Fsp3) is 0.167. The van der Waals surface area contributed by atoms with E-state index in [4.69, 9.17) is 15.3 Å². The number of ketones is 1. The van der Waals surface area contributed by atoms with Crippen molar-refractivity contribution in [1.29, 1.82) is 0 Å². The topological polar surface area (TPSA) is 120 Å². The number of hydrogen-bond acceptors (Lipinski definition) is 6. The van der Waals surface area contributed by atoms with Crippen molar-refractivity contribution in [3.63, 3.8) is 0 Å². The van der Waals surface area contributed by atoms with Crippen LogP contribution in [-0.2, 0) is 4.79 Å². The molecule has 1 heterocycles. The van der Waals surface area contributed by atoms with Crippen LogP contribution in [0.1, 0.15) is 10.4 Å². The zero-order valence-corrected chi connectivity index (χ0v) is 11.1. The van der Waals surface area contributed by atoms with Crippen LogP contribution >= 0.6 is 11.6 Å². The minimum atomic E-state index is -3.31. The maximum Gasteiger partial charge on any atom is 0.453 e. The van der Waals surface area contributed by atoms with Crippen LogP contribution in [0.25, 0.3) is 10.9 Å². The minimum absolute atomic E-state index is 0.0745. The third-order valence-electron chi connectivity index (χ3n) is 2.28. The van der Waals surface area contributed by atoms with E-state index < -0.39 is 11.9 Å². The third kappa shape index (κ3) is 3.78. The summed E-state index contributed by atoms with van der Waals surface area (Å²) in [6, 6.07) is 4.14. The molecular formula is C12H12ClNO6. The predicted molar refractivity (Wildman–Crippen MR) is 70.5 cm³/mol. The monoisotopic (exact) mass is 301 g/mol. The minimum Gasteiger partial charge on any atom is -0.417 e. The van der Waals surface area contributed by atoms with E-state index in [1.165, 1.54) is 30.8 Å². The molecule has 0 aliphatic carbocycles. The Morgan fingerprint density at radius 2 is 2.00 bits per heavy atom. The molecule has 4 N–H and O–H groups in total. The van der Waals surface area contributed by atoms with E-state index in [2.05, 4.69) is 21.3 Å². The van der Waals surface area contributed by atoms with Gasteiger partial charge in [0.05, 0.1) is 5.56 Å². The highest BCUT2D eigenvalue weighted by Gasteiger charge is 2.21. The molecule has 0 saturated carbocycles. The molecule has 0 aliphatic heterocycles. The lowest BCUT2D eigenvalue weighted by atomic mass is 10.1. The average Bonchev–Trinajstić information content (AvgIpc) is 2.81. The fourth-order valence-electron chi connectivity index (χ4n) is 1.59. The molecular weight excluding hydrogens is 290 g/mol. The van der Waals surface area contributed by atoms with Crippen molar-refractivity contribution in [3.05, 3.63) is 30.0 Å². The largest absolute Gasteiger partial charge is 0.453 e. The van der Waals surface area contributed by atoms with Crippen molar-refractivity contribution >= 4 is 34.6 Å². The molecule has 20 heavy (non-hydrogen) atoms. The number of fused-ring (bicyclic) bond motifs is 1. The molecule has 0 atom stereocenters. The van der Waals surface area contributed by atoms with Crippen LogP contribution < -0.4 is 4.74 Å². The number of rotatable bonds is 4. The maximum absolute atomic E-state index is 11.3. The van der Waals surface area contributed by atoms with Crippen LogP contribution in [-0.4, -0.2) is 44.9 Å². The molecule has 0 unspecified atom stereocenters. The van der Waals surface area contributed by atoms with Gasteiger partial charge in [0.25, 0.3) is 0 Å². The number of aliphatic hydroxyl groups is 3. The van der Waals surface area contributed by atoms with Crippen LogP contribution in [0.2, 0.25) is 0 Å². The number of alkyl halides is 1. The van der Waals surface area contributed by atoms with Gasteiger partial charge < -0.3 is 25.0 Å². The lowest BCUT2D eigenvalue weighted by Crippen LogP contribution is -2.34. The van der Waals surface area contributed by atoms with Crippen LogP contribution in [0.15, 0.2) is 24.4 Å². The van der Waals surface area contributed by atoms with Crippen molar-refractivity contribution in [2.45, 2.75) is 6.16 Å². The van der Waals surface area contributed by atoms with E-state index in [9.17, 15) is 9.59 Å². The normalized spacial score (nSPS) is 10.7. The number of nitrogens with one attached hydrogen (secondary N) is 1. The molecule has 2 aromatic rings. The molecule has 0 radical (unpaired) electrons. The van der Waals surface area contributed by atoms with Gasteiger partial charge in [-0.15, -0.1) is 11.6 Å². The summed E-state index contributed by atoms with van der Waals surface area (Å²) < 4.78 is 4.40. The van der Waals surface area contributed by atoms with Gasteiger partial charge in [0.1, 0.15) is 5.75 Å². The van der Waals surface area contributed by atoms with Gasteiger partial charge in [-0.1, -0.05) is 0 Å². The van der Waals surface area contributed by atoms with Gasteiger partial charge >= 0.3 is 6.16 Å². The van der Waals surface area contributed by atoms with Gasteiger partial charge in [0.2, 0.25) is 5.78 Å². The highest BCUT2D eigenvalue weighted by atomic mass is 35.5. The molecule has 1 aromatic heterocycles. The quantitative estimate of drug-likeness (QED) is 0.213. The van der Waals surface area contributed by atoms with E-state index in [1.54, 1.807) is 0 Å². The second kappa shape index (κ2) is 6.49. The molecule has 0 aliphatic rings. The van der Waals surface area contributed by atoms with Gasteiger partial charge in [-0.05, 0) is 18.2 Å². The van der Waals surface area contributed by atoms with Gasteiger partial charge in [0.15, 0.2) is 6.29 Å². The molecule has 0 fully saturated rings. The van der Waals surface area contributed by atoms with Crippen molar-refractivity contribution < 1.29 is 29.6 Å². The zero-order chi connectivity index (χ0) is 15.3. The summed E-state index contributed by atoms with van der Waals surface area (Å²) in [7, 11) is 0. The van der Waals surface area contributed by atoms with Crippen LogP contribution in [0.5, 0.6) is 5.75 Å². The highest BCUT2D eigenvalue weighted by molar-refractivity contribution is 6.36. The lowest BCUT2D eigenvalue weighted by molar-refractivity contribution is -0.419. The van der Waals surface area contributed by atoms with Crippen molar-refractivity contribution in [3.8, 4) is 5.75 Å². The van der Waals surface area contributed by atoms with Crippen molar-refractivity contribution in [1.82, 2.24) is 4.98 Å². The van der Waals surface area contributed by atoms with Gasteiger partial charge in [0, 0.05) is 23.5 Å². The standard InChI is InChI=1S/C11H9NO6.CH3Cl/c13-5-10(14)8-4-12-9-2-1-6(3-7(8)9)18-11(15,16)17;1-2/h1-5,12,15-17H;1H3. The number of ether oxygens (including phenoxy) is 1. The molecule has 0 amide bonds. The zero-order valence-electron chi connectivity index (χ0n) is 10.3. The van der Waals surface area contributed by atoms with Gasteiger partial charge in [-0.25, -0.2) is 0 Å². The first-order valence-electron chi connectivity index (χ1n) is 5.25. The SMILES string of the molecule is CCl.O=CC(=O)c1c[nH]c2ccc(OC(O)(O)O)cc12. The second-order valence-electron chi connectivity index (χ2n) is 3.57. The Kier molecular flexibility index (Phi) is 5.23. The van der Waals surface area contributed by atoms with E-state index in [0.717, 1.165) is 0 Å². The molecule has 0 saturated heterocycles. The number of halogens is 1. The van der Waals surface area contributed by atoms with Crippen LogP contribution in [0.3, 0.4) is 0 Å². The Morgan fingerprint density at radius 3 is 2.55 bits per heavy atom. The first-order valence-corrected chi connectivity index (χ1v) is 6.01. The molecule has 108 valence electrons. The smallest absolute Gasteiger partial charge is 0.417 e. The Hall–Kier alpha value is -1.93. The Morgan fingerprint density at radius 1 is 1.35 bits per heavy atom. The summed E-state index contributed by atoms with van der Waals surface area (Å²) in [5, 5.41) is 26.4. The summed E-state index contributed by atoms with van der Waals surface area (Å²) >= 11 is 4.64. The first-order chi connectivity index (χ1) is 9.40. The lowest BCUT2D eigenvalue weighted by Gasteiger charge is -2.15. The van der Waals surface area contributed by atoms with E-state index in [0.29, 0.717) is 10.9 Å². The van der Waals surface area contributed by atoms with E-state index in [-0.39, 0.29) is 17.6 Å². The number of carbonyl (C=O) groups excluding carboxylic acids is 2. The number of aromatic amines is 1. The molecule has 2 rings (SSSR count). The molecule has 8 heteroatoms. The van der Waals surface area contributed by atoms with Gasteiger partial charge in [-0.2, -0.15) is 0 Å². The number of aldehydes is 1. The third-order valence-corrected chi connectivity index (χ3v) is 2.28. The average molecular weight is 302 g/mol. The summed E-state index contributed by atoms with van der Waals surface area (Å²) in [6.45, 7) is 0. The first kappa shape index (κ1) is 16.1. The van der Waals surface area contributed by atoms with E-state index in [1.807, 2.05) is 0 Å². The van der Waals surface area contributed by atoms with Crippen molar-refractivity contribution in [2.24, 2.45) is 0 Å². The molecule has 0 spiro atoms. The Bertz CT molecular complexity index is 616. The summed E-state index contributed by atoms with van der Waals surface area (Å²) in [5.41, 5.74) is 0.692.